The van der Waals surface area contributed by atoms with Gasteiger partial charge >= 0.3 is 0 Å². The van der Waals surface area contributed by atoms with Crippen LogP contribution < -0.4 is 0 Å². The lowest BCUT2D eigenvalue weighted by Gasteiger charge is -1.88. The predicted molar refractivity (Wildman–Crippen MR) is 42.0 cm³/mol. The summed E-state index contributed by atoms with van der Waals surface area (Å²) >= 11 is 3.09. The van der Waals surface area contributed by atoms with Crippen LogP contribution in [0.5, 0.6) is 0 Å². The Labute approximate surface area is 67.4 Å². The van der Waals surface area contributed by atoms with Crippen LogP contribution in [0.4, 0.5) is 0 Å². The molecular weight excluding hydrogens is 196 g/mol. The van der Waals surface area contributed by atoms with Gasteiger partial charge in [0.05, 0.1) is 0 Å². The summed E-state index contributed by atoms with van der Waals surface area (Å²) in [5.74, 6) is -0.400. The van der Waals surface area contributed by atoms with Crippen LogP contribution in [0.1, 0.15) is 13.3 Å². The van der Waals surface area contributed by atoms with E-state index in [-0.39, 0.29) is 11.5 Å². The first kappa shape index (κ1) is 7.54. The Morgan fingerprint density at radius 1 is 1.70 bits per heavy atom. The normalized spacial score (nSPS) is 23.0. The molecule has 0 saturated heterocycles. The molecule has 0 heterocycles. The van der Waals surface area contributed by atoms with Crippen molar-refractivity contribution in [1.82, 2.24) is 0 Å². The number of aliphatic hydroxyl groups excluding tert-OH is 1. The number of hydrogen-bond donors (Lipinski definition) is 1. The molecule has 0 radical (unpaired) electrons. The van der Waals surface area contributed by atoms with E-state index >= 15 is 0 Å². The average molecular weight is 203 g/mol. The summed E-state index contributed by atoms with van der Waals surface area (Å²) in [5.41, 5.74) is 0.657. The topological polar surface area (TPSA) is 37.3 Å². The van der Waals surface area contributed by atoms with Crippen LogP contribution >= 0.6 is 15.9 Å². The van der Waals surface area contributed by atoms with Gasteiger partial charge in [-0.15, -0.1) is 0 Å². The number of Topliss-reactive ketones (excluding diaryl/α,β-unsaturated/α-hetero) is 1. The molecule has 54 valence electrons. The Kier molecular flexibility index (Phi) is 1.94. The summed E-state index contributed by atoms with van der Waals surface area (Å²) in [6.45, 7) is 1.78. The van der Waals surface area contributed by atoms with E-state index < -0.39 is 0 Å². The van der Waals surface area contributed by atoms with Crippen molar-refractivity contribution >= 4 is 21.7 Å². The molecule has 0 saturated carbocycles. The summed E-state index contributed by atoms with van der Waals surface area (Å²) < 4.78 is 0.589. The van der Waals surface area contributed by atoms with Crippen LogP contribution in [0.25, 0.3) is 0 Å². The molecular formula is C7H7BrO2. The lowest BCUT2D eigenvalue weighted by molar-refractivity contribution is -0.114. The molecule has 3 heteroatoms. The predicted octanol–water partition coefficient (Wildman–Crippen LogP) is 2.07. The third kappa shape index (κ3) is 1.01. The zero-order valence-electron chi connectivity index (χ0n) is 5.52. The first-order chi connectivity index (χ1) is 4.66. The molecule has 0 aromatic heterocycles. The molecule has 0 aromatic carbocycles. The molecule has 0 spiro atoms. The van der Waals surface area contributed by atoms with Crippen molar-refractivity contribution in [2.24, 2.45) is 0 Å². The summed E-state index contributed by atoms with van der Waals surface area (Å²) in [4.78, 5) is 10.9. The lowest BCUT2D eigenvalue weighted by atomic mass is 10.2. The van der Waals surface area contributed by atoms with Crippen molar-refractivity contribution in [2.75, 3.05) is 0 Å². The van der Waals surface area contributed by atoms with Gasteiger partial charge in [0, 0.05) is 16.5 Å². The number of aliphatic hydroxyl groups is 1. The van der Waals surface area contributed by atoms with Crippen LogP contribution in [0.3, 0.4) is 0 Å². The maximum Gasteiger partial charge on any atom is 0.224 e. The number of carbonyl (C=O) groups excluding carboxylic acids is 1. The molecule has 10 heavy (non-hydrogen) atoms. The van der Waals surface area contributed by atoms with Gasteiger partial charge in [0.25, 0.3) is 0 Å². The first-order valence-electron chi connectivity index (χ1n) is 2.94. The average Bonchev–Trinajstić information content (AvgIpc) is 2.17. The van der Waals surface area contributed by atoms with Crippen molar-refractivity contribution in [3.63, 3.8) is 0 Å². The molecule has 0 amide bonds. The highest BCUT2D eigenvalue weighted by Crippen LogP contribution is 2.29. The number of halogens is 1. The Balaban J connectivity index is 2.98. The van der Waals surface area contributed by atoms with E-state index in [1.807, 2.05) is 0 Å². The highest BCUT2D eigenvalue weighted by atomic mass is 79.9. The van der Waals surface area contributed by atoms with E-state index in [1.54, 1.807) is 13.0 Å². The largest absolute Gasteiger partial charge is 0.504 e. The summed E-state index contributed by atoms with van der Waals surface area (Å²) in [6, 6.07) is 0. The van der Waals surface area contributed by atoms with Crippen molar-refractivity contribution in [1.29, 1.82) is 0 Å². The second kappa shape index (κ2) is 2.58. The molecule has 2 nitrogen and oxygen atoms in total. The van der Waals surface area contributed by atoms with Crippen molar-refractivity contribution in [3.8, 4) is 0 Å². The maximum atomic E-state index is 10.9. The minimum Gasteiger partial charge on any atom is -0.504 e. The smallest absolute Gasteiger partial charge is 0.224 e. The molecule has 0 fully saturated rings. The van der Waals surface area contributed by atoms with E-state index in [2.05, 4.69) is 15.9 Å². The fourth-order valence-corrected chi connectivity index (χ4v) is 1.32. The molecule has 1 aliphatic carbocycles. The minimum atomic E-state index is -0.255. The summed E-state index contributed by atoms with van der Waals surface area (Å²) in [5, 5.41) is 9.01. The van der Waals surface area contributed by atoms with Gasteiger partial charge < -0.3 is 5.11 Å². The van der Waals surface area contributed by atoms with Gasteiger partial charge in [-0.3, -0.25) is 4.79 Å². The van der Waals surface area contributed by atoms with E-state index in [4.69, 9.17) is 5.11 Å². The number of allylic oxidation sites excluding steroid dienone is 3. The van der Waals surface area contributed by atoms with E-state index in [1.165, 1.54) is 0 Å². The maximum absolute atomic E-state index is 10.9. The third-order valence-corrected chi connectivity index (χ3v) is 2.11. The van der Waals surface area contributed by atoms with Gasteiger partial charge in [-0.25, -0.2) is 0 Å². The zero-order chi connectivity index (χ0) is 7.72. The number of ketones is 1. The Hall–Kier alpha value is -0.570. The Morgan fingerprint density at radius 2 is 2.30 bits per heavy atom. The lowest BCUT2D eigenvalue weighted by Crippen LogP contribution is -1.97. The highest BCUT2D eigenvalue weighted by Gasteiger charge is 2.24. The Morgan fingerprint density at radius 3 is 2.50 bits per heavy atom. The molecule has 0 aliphatic heterocycles. The monoisotopic (exact) mass is 202 g/mol. The van der Waals surface area contributed by atoms with Gasteiger partial charge in [-0.05, 0) is 6.92 Å². The quantitative estimate of drug-likeness (QED) is 0.612. The van der Waals surface area contributed by atoms with Gasteiger partial charge in [0.15, 0.2) is 5.76 Å². The number of rotatable bonds is 0. The first-order valence-corrected chi connectivity index (χ1v) is 3.73. The molecule has 0 atom stereocenters. The standard InChI is InChI=1S/C7H7BrO2/c1-2-4-3-5(8)7(10)6(4)9/h2,10H,3H2,1H3/b4-2+. The second-order valence-corrected chi connectivity index (χ2v) is 3.03. The van der Waals surface area contributed by atoms with Crippen molar-refractivity contribution < 1.29 is 9.90 Å². The fraction of sp³-hybridized carbons (Fsp3) is 0.286. The molecule has 1 rings (SSSR count). The fourth-order valence-electron chi connectivity index (χ4n) is 0.840. The molecule has 0 unspecified atom stereocenters. The number of hydrogen-bond acceptors (Lipinski definition) is 2. The van der Waals surface area contributed by atoms with Gasteiger partial charge in [0.1, 0.15) is 0 Å². The highest BCUT2D eigenvalue weighted by molar-refractivity contribution is 9.11. The van der Waals surface area contributed by atoms with Gasteiger partial charge in [0.2, 0.25) is 5.78 Å². The third-order valence-electron chi connectivity index (χ3n) is 1.46. The summed E-state index contributed by atoms with van der Waals surface area (Å²) in [6.07, 6.45) is 2.24. The number of carbonyl (C=O) groups is 1. The van der Waals surface area contributed by atoms with Crippen LogP contribution in [0, 0.1) is 0 Å². The van der Waals surface area contributed by atoms with Crippen molar-refractivity contribution in [3.05, 3.63) is 21.9 Å². The minimum absolute atomic E-state index is 0.145. The molecule has 1 aliphatic rings. The van der Waals surface area contributed by atoms with Crippen LogP contribution in [0.2, 0.25) is 0 Å². The SMILES string of the molecule is C/C=C1\CC(Br)=C(O)C1=O. The second-order valence-electron chi connectivity index (χ2n) is 2.07. The van der Waals surface area contributed by atoms with Crippen LogP contribution in [-0.2, 0) is 4.79 Å². The molecule has 0 bridgehead atoms. The molecule has 0 aromatic rings. The van der Waals surface area contributed by atoms with Gasteiger partial charge in [-0.1, -0.05) is 22.0 Å². The van der Waals surface area contributed by atoms with E-state index in [0.717, 1.165) is 0 Å². The zero-order valence-corrected chi connectivity index (χ0v) is 7.10. The van der Waals surface area contributed by atoms with Crippen LogP contribution in [0.15, 0.2) is 21.9 Å². The van der Waals surface area contributed by atoms with E-state index in [9.17, 15) is 4.79 Å². The van der Waals surface area contributed by atoms with Gasteiger partial charge in [-0.2, -0.15) is 0 Å². The van der Waals surface area contributed by atoms with Crippen LogP contribution in [-0.4, -0.2) is 10.9 Å². The summed E-state index contributed by atoms with van der Waals surface area (Å²) in [7, 11) is 0. The van der Waals surface area contributed by atoms with E-state index in [0.29, 0.717) is 16.5 Å². The van der Waals surface area contributed by atoms with Crippen molar-refractivity contribution in [2.45, 2.75) is 13.3 Å². The Bertz CT molecular complexity index is 238. The molecule has 1 N–H and O–H groups in total.